The summed E-state index contributed by atoms with van der Waals surface area (Å²) in [5.41, 5.74) is 1.01. The predicted octanol–water partition coefficient (Wildman–Crippen LogP) is 7.40. The average Bonchev–Trinajstić information content (AvgIpc) is 2.98. The quantitative estimate of drug-likeness (QED) is 0.178. The zero-order chi connectivity index (χ0) is 32.8. The van der Waals surface area contributed by atoms with Gasteiger partial charge in [0, 0.05) is 33.6 Å². The summed E-state index contributed by atoms with van der Waals surface area (Å²) >= 11 is 18.8. The van der Waals surface area contributed by atoms with E-state index in [4.69, 9.17) is 34.8 Å². The summed E-state index contributed by atoms with van der Waals surface area (Å²) < 4.78 is 29.1. The van der Waals surface area contributed by atoms with E-state index in [0.717, 1.165) is 9.87 Å². The van der Waals surface area contributed by atoms with Crippen molar-refractivity contribution in [3.63, 3.8) is 0 Å². The molecule has 1 unspecified atom stereocenters. The van der Waals surface area contributed by atoms with Gasteiger partial charge in [0.05, 0.1) is 10.6 Å². The summed E-state index contributed by atoms with van der Waals surface area (Å²) in [5, 5.41) is 4.06. The van der Waals surface area contributed by atoms with Gasteiger partial charge < -0.3 is 10.2 Å². The van der Waals surface area contributed by atoms with Crippen LogP contribution in [-0.4, -0.2) is 43.3 Å². The topological polar surface area (TPSA) is 86.8 Å². The van der Waals surface area contributed by atoms with E-state index in [1.807, 2.05) is 51.1 Å². The van der Waals surface area contributed by atoms with Gasteiger partial charge in [-0.25, -0.2) is 8.42 Å². The maximum absolute atomic E-state index is 14.5. The van der Waals surface area contributed by atoms with Crippen LogP contribution in [0.25, 0.3) is 0 Å². The molecular weight excluding hydrogens is 653 g/mol. The first-order valence-electron chi connectivity index (χ1n) is 14.2. The molecule has 0 spiro atoms. The van der Waals surface area contributed by atoms with Gasteiger partial charge >= 0.3 is 0 Å². The highest BCUT2D eigenvalue weighted by Gasteiger charge is 2.36. The van der Waals surface area contributed by atoms with Gasteiger partial charge in [-0.05, 0) is 80.4 Å². The van der Waals surface area contributed by atoms with Crippen LogP contribution in [0.2, 0.25) is 15.1 Å². The third-order valence-electron chi connectivity index (χ3n) is 6.84. The van der Waals surface area contributed by atoms with Crippen molar-refractivity contribution in [2.24, 2.45) is 0 Å². The Labute approximate surface area is 279 Å². The molecule has 2 amide bonds. The number of nitrogens with one attached hydrogen (secondary N) is 1. The van der Waals surface area contributed by atoms with Crippen molar-refractivity contribution in [3.05, 3.63) is 129 Å². The molecule has 0 radical (unpaired) electrons. The summed E-state index contributed by atoms with van der Waals surface area (Å²) in [6.45, 7) is 4.89. The lowest BCUT2D eigenvalue weighted by molar-refractivity contribution is -0.140. The number of sulfonamides is 1. The molecule has 0 fully saturated rings. The van der Waals surface area contributed by atoms with E-state index in [9.17, 15) is 18.0 Å². The molecule has 45 heavy (non-hydrogen) atoms. The molecule has 1 atom stereocenters. The lowest BCUT2D eigenvalue weighted by Crippen LogP contribution is -2.56. The van der Waals surface area contributed by atoms with Gasteiger partial charge in [0.1, 0.15) is 12.6 Å². The number of carbonyl (C=O) groups is 2. The van der Waals surface area contributed by atoms with Gasteiger partial charge in [0.25, 0.3) is 10.0 Å². The second-order valence-electron chi connectivity index (χ2n) is 11.5. The zero-order valence-corrected chi connectivity index (χ0v) is 28.2. The zero-order valence-electron chi connectivity index (χ0n) is 25.1. The van der Waals surface area contributed by atoms with E-state index in [-0.39, 0.29) is 34.5 Å². The monoisotopic (exact) mass is 685 g/mol. The van der Waals surface area contributed by atoms with Gasteiger partial charge in [0.15, 0.2) is 0 Å². The molecule has 0 saturated carbocycles. The molecule has 0 aliphatic rings. The molecule has 0 aromatic heterocycles. The summed E-state index contributed by atoms with van der Waals surface area (Å²) in [4.78, 5) is 29.8. The minimum Gasteiger partial charge on any atom is -0.350 e. The molecule has 0 saturated heterocycles. The van der Waals surface area contributed by atoms with E-state index in [0.29, 0.717) is 15.6 Å². The van der Waals surface area contributed by atoms with Crippen molar-refractivity contribution in [2.45, 2.75) is 50.2 Å². The Morgan fingerprint density at radius 3 is 2.07 bits per heavy atom. The number of benzene rings is 4. The first kappa shape index (κ1) is 34.3. The minimum atomic E-state index is -4.29. The summed E-state index contributed by atoms with van der Waals surface area (Å²) in [5.74, 6) is -1.00. The Kier molecular flexibility index (Phi) is 11.2. The maximum atomic E-state index is 14.5. The molecule has 11 heteroatoms. The molecule has 4 rings (SSSR count). The number of carbonyl (C=O) groups excluding carboxylic acids is 2. The van der Waals surface area contributed by atoms with Crippen LogP contribution < -0.4 is 9.62 Å². The van der Waals surface area contributed by atoms with Crippen LogP contribution in [0.1, 0.15) is 31.9 Å². The summed E-state index contributed by atoms with van der Waals surface area (Å²) in [7, 11) is -4.29. The van der Waals surface area contributed by atoms with Crippen LogP contribution in [-0.2, 0) is 32.6 Å². The Bertz CT molecular complexity index is 1740. The minimum absolute atomic E-state index is 0.0437. The van der Waals surface area contributed by atoms with Gasteiger partial charge in [-0.1, -0.05) is 89.4 Å². The first-order valence-corrected chi connectivity index (χ1v) is 16.7. The molecule has 4 aromatic rings. The Morgan fingerprint density at radius 1 is 0.800 bits per heavy atom. The normalized spacial score (nSPS) is 12.3. The lowest BCUT2D eigenvalue weighted by atomic mass is 10.0. The fraction of sp³-hybridized carbons (Fsp3) is 0.235. The molecule has 7 nitrogen and oxygen atoms in total. The number of amides is 2. The fourth-order valence-corrected chi connectivity index (χ4v) is 6.62. The molecule has 1 N–H and O–H groups in total. The number of rotatable bonds is 11. The predicted molar refractivity (Wildman–Crippen MR) is 181 cm³/mol. The third kappa shape index (κ3) is 9.23. The molecule has 4 aromatic carbocycles. The molecule has 0 bridgehead atoms. The number of hydrogen-bond acceptors (Lipinski definition) is 4. The van der Waals surface area contributed by atoms with Crippen LogP contribution in [0.15, 0.2) is 108 Å². The highest BCUT2D eigenvalue weighted by molar-refractivity contribution is 7.92. The Morgan fingerprint density at radius 2 is 1.44 bits per heavy atom. The summed E-state index contributed by atoms with van der Waals surface area (Å²) in [6.07, 6.45) is 0.181. The Balaban J connectivity index is 1.83. The fourth-order valence-electron chi connectivity index (χ4n) is 4.71. The van der Waals surface area contributed by atoms with Crippen molar-refractivity contribution in [1.29, 1.82) is 0 Å². The summed E-state index contributed by atoms with van der Waals surface area (Å²) in [6, 6.07) is 27.2. The van der Waals surface area contributed by atoms with Crippen LogP contribution >= 0.6 is 34.8 Å². The van der Waals surface area contributed by atoms with Crippen molar-refractivity contribution in [2.75, 3.05) is 10.8 Å². The van der Waals surface area contributed by atoms with Crippen molar-refractivity contribution in [1.82, 2.24) is 10.2 Å². The first-order chi connectivity index (χ1) is 21.2. The maximum Gasteiger partial charge on any atom is 0.264 e. The van der Waals surface area contributed by atoms with Gasteiger partial charge in [-0.15, -0.1) is 0 Å². The largest absolute Gasteiger partial charge is 0.350 e. The van der Waals surface area contributed by atoms with Crippen molar-refractivity contribution in [3.8, 4) is 0 Å². The van der Waals surface area contributed by atoms with Gasteiger partial charge in [0.2, 0.25) is 11.8 Å². The van der Waals surface area contributed by atoms with Crippen LogP contribution in [0.4, 0.5) is 5.69 Å². The van der Waals surface area contributed by atoms with Crippen LogP contribution in [0.5, 0.6) is 0 Å². The van der Waals surface area contributed by atoms with Crippen molar-refractivity contribution >= 4 is 62.3 Å². The van der Waals surface area contributed by atoms with Crippen molar-refractivity contribution < 1.29 is 18.0 Å². The number of halogens is 3. The number of nitrogens with zero attached hydrogens (tertiary/aromatic N) is 2. The third-order valence-corrected chi connectivity index (χ3v) is 9.49. The average molecular weight is 687 g/mol. The number of anilines is 1. The molecular formula is C34H34Cl3N3O4S. The number of hydrogen-bond donors (Lipinski definition) is 1. The van der Waals surface area contributed by atoms with Gasteiger partial charge in [-0.2, -0.15) is 0 Å². The van der Waals surface area contributed by atoms with Crippen LogP contribution in [0.3, 0.4) is 0 Å². The smallest absolute Gasteiger partial charge is 0.264 e. The van der Waals surface area contributed by atoms with E-state index in [1.165, 1.54) is 35.2 Å². The van der Waals surface area contributed by atoms with E-state index >= 15 is 0 Å². The lowest BCUT2D eigenvalue weighted by Gasteiger charge is -2.35. The second-order valence-corrected chi connectivity index (χ2v) is 14.6. The van der Waals surface area contributed by atoms with E-state index < -0.39 is 34.1 Å². The molecule has 0 aliphatic carbocycles. The second kappa shape index (κ2) is 14.7. The van der Waals surface area contributed by atoms with Crippen LogP contribution in [0, 0.1) is 0 Å². The molecule has 0 aliphatic heterocycles. The highest BCUT2D eigenvalue weighted by Crippen LogP contribution is 2.28. The van der Waals surface area contributed by atoms with E-state index in [1.54, 1.807) is 42.5 Å². The molecule has 236 valence electrons. The Hall–Kier alpha value is -3.56. The van der Waals surface area contributed by atoms with Gasteiger partial charge in [-0.3, -0.25) is 13.9 Å². The SMILES string of the molecule is CC(C)(C)NC(=O)C(Cc1ccccc1)N(Cc1ccccc1Cl)C(=O)CN(c1cccc(Cl)c1)S(=O)(=O)c1ccc(Cl)cc1. The van der Waals surface area contributed by atoms with E-state index in [2.05, 4.69) is 5.32 Å². The highest BCUT2D eigenvalue weighted by atomic mass is 35.5. The standard InChI is InChI=1S/C34H34Cl3N3O4S/c1-34(2,3)38-33(42)31(20-24-10-5-4-6-11-24)39(22-25-12-7-8-15-30(25)37)32(41)23-40(28-14-9-13-27(36)21-28)45(43,44)29-18-16-26(35)17-19-29/h4-19,21,31H,20,22-23H2,1-3H3,(H,38,42). The molecule has 0 heterocycles.